The van der Waals surface area contributed by atoms with Crippen molar-refractivity contribution >= 4 is 59.6 Å². The van der Waals surface area contributed by atoms with Gasteiger partial charge in [-0.1, -0.05) is 164 Å². The second kappa shape index (κ2) is 12.7. The number of fused-ring (bicyclic) bond motifs is 7. The quantitative estimate of drug-likeness (QED) is 0.170. The summed E-state index contributed by atoms with van der Waals surface area (Å²) in [4.78, 5) is 8.62. The molecule has 0 fully saturated rings. The second-order valence-corrected chi connectivity index (χ2v) is 15.3. The molecule has 0 amide bonds. The number of rotatable bonds is 6. The van der Waals surface area contributed by atoms with Gasteiger partial charge in [0.25, 0.3) is 0 Å². The van der Waals surface area contributed by atoms with Gasteiger partial charge in [0, 0.05) is 37.8 Å². The summed E-state index contributed by atoms with van der Waals surface area (Å²) >= 11 is 1.77. The molecule has 0 saturated carbocycles. The van der Waals surface area contributed by atoms with Gasteiger partial charge in [-0.25, -0.2) is 4.98 Å². The van der Waals surface area contributed by atoms with Gasteiger partial charge in [-0.2, -0.15) is 0 Å². The van der Waals surface area contributed by atoms with Gasteiger partial charge in [-0.3, -0.25) is 0 Å². The third-order valence-corrected chi connectivity index (χ3v) is 12.4. The van der Waals surface area contributed by atoms with Gasteiger partial charge >= 0.3 is 0 Å². The summed E-state index contributed by atoms with van der Waals surface area (Å²) in [5, 5.41) is 3.60. The van der Waals surface area contributed by atoms with Crippen LogP contribution in [0.1, 0.15) is 22.3 Å². The summed E-state index contributed by atoms with van der Waals surface area (Å²) in [5.41, 5.74) is 13.9. The molecule has 2 heterocycles. The molecular formula is C52H34N2S. The Morgan fingerprint density at radius 1 is 0.436 bits per heavy atom. The minimum Gasteiger partial charge on any atom is -0.310 e. The molecule has 55 heavy (non-hydrogen) atoms. The average Bonchev–Trinajstić information content (AvgIpc) is 3.76. The van der Waals surface area contributed by atoms with Crippen molar-refractivity contribution in [3.8, 4) is 22.3 Å². The van der Waals surface area contributed by atoms with Crippen molar-refractivity contribution in [1.29, 1.82) is 0 Å². The van der Waals surface area contributed by atoms with Gasteiger partial charge in [0.15, 0.2) is 0 Å². The lowest BCUT2D eigenvalue weighted by molar-refractivity contribution is 0.768. The molecular weight excluding hydrogens is 685 g/mol. The number of pyridine rings is 1. The second-order valence-electron chi connectivity index (χ2n) is 14.3. The molecule has 0 aliphatic heterocycles. The fraction of sp³-hybridized carbons (Fsp3) is 0.0192. The first-order valence-corrected chi connectivity index (χ1v) is 19.6. The van der Waals surface area contributed by atoms with E-state index in [1.165, 1.54) is 60.0 Å². The number of hydrogen-bond donors (Lipinski definition) is 0. The van der Waals surface area contributed by atoms with E-state index in [9.17, 15) is 0 Å². The van der Waals surface area contributed by atoms with E-state index in [2.05, 4.69) is 211 Å². The molecule has 0 spiro atoms. The van der Waals surface area contributed by atoms with Gasteiger partial charge in [0.1, 0.15) is 4.83 Å². The smallest absolute Gasteiger partial charge is 0.125 e. The van der Waals surface area contributed by atoms with E-state index in [1.807, 2.05) is 0 Å². The predicted octanol–water partition coefficient (Wildman–Crippen LogP) is 14.1. The van der Waals surface area contributed by atoms with Crippen molar-refractivity contribution < 1.29 is 0 Å². The fourth-order valence-corrected chi connectivity index (χ4v) is 10.1. The fourth-order valence-electron chi connectivity index (χ4n) is 8.96. The normalized spacial score (nSPS) is 12.9. The summed E-state index contributed by atoms with van der Waals surface area (Å²) in [6.07, 6.45) is 0. The monoisotopic (exact) mass is 718 g/mol. The molecule has 0 N–H and O–H groups in total. The maximum absolute atomic E-state index is 5.10. The van der Waals surface area contributed by atoms with E-state index in [0.29, 0.717) is 0 Å². The molecule has 0 atom stereocenters. The Hall–Kier alpha value is -6.81. The lowest BCUT2D eigenvalue weighted by Crippen LogP contribution is -2.28. The Balaban J connectivity index is 1.19. The van der Waals surface area contributed by atoms with Crippen molar-refractivity contribution in [2.75, 3.05) is 4.90 Å². The molecule has 0 bridgehead atoms. The number of aromatic nitrogens is 1. The SMILES string of the molecule is c1ccc(-c2ccccc2N(c2ccc3c(c2)C(c2ccccc2)(c2ccccc2)c2ccccc2-3)c2ccc3c(c2)sc2nc4ccccc4cc23)cc1. The standard InChI is InChI=1S/C52H34N2S/c1-4-16-35(17-5-1)41-23-12-15-27-49(41)54(40-29-31-44-45-32-36-18-10-14-26-48(36)53-51(45)55-50(44)34-40)39-28-30-43-42-24-11-13-25-46(42)52(47(43)33-39,37-19-6-2-7-20-37)38-21-8-3-9-22-38/h1-34H. The van der Waals surface area contributed by atoms with Crippen LogP contribution in [0.4, 0.5) is 17.1 Å². The summed E-state index contributed by atoms with van der Waals surface area (Å²) in [6, 6.07) is 75.4. The lowest BCUT2D eigenvalue weighted by atomic mass is 9.67. The molecule has 0 radical (unpaired) electrons. The van der Waals surface area contributed by atoms with Crippen LogP contribution in [0, 0.1) is 0 Å². The van der Waals surface area contributed by atoms with Gasteiger partial charge < -0.3 is 4.90 Å². The molecule has 3 heteroatoms. The third kappa shape index (κ3) is 4.90. The molecule has 0 saturated heterocycles. The molecule has 1 aliphatic carbocycles. The van der Waals surface area contributed by atoms with E-state index in [1.54, 1.807) is 11.3 Å². The number of nitrogens with zero attached hydrogens (tertiary/aromatic N) is 2. The molecule has 8 aromatic carbocycles. The Labute approximate surface area is 324 Å². The predicted molar refractivity (Wildman–Crippen MR) is 232 cm³/mol. The summed E-state index contributed by atoms with van der Waals surface area (Å²) in [7, 11) is 0. The first-order chi connectivity index (χ1) is 27.3. The van der Waals surface area contributed by atoms with Crippen molar-refractivity contribution in [2.45, 2.75) is 5.41 Å². The third-order valence-electron chi connectivity index (χ3n) is 11.3. The molecule has 1 aliphatic rings. The number of hydrogen-bond acceptors (Lipinski definition) is 3. The Kier molecular flexibility index (Phi) is 7.29. The van der Waals surface area contributed by atoms with Crippen LogP contribution in [-0.4, -0.2) is 4.98 Å². The number of thiophene rings is 1. The highest BCUT2D eigenvalue weighted by molar-refractivity contribution is 7.25. The molecule has 258 valence electrons. The largest absolute Gasteiger partial charge is 0.310 e. The maximum atomic E-state index is 5.10. The summed E-state index contributed by atoms with van der Waals surface area (Å²) in [6.45, 7) is 0. The van der Waals surface area contributed by atoms with E-state index in [-0.39, 0.29) is 0 Å². The Bertz CT molecular complexity index is 3000. The highest BCUT2D eigenvalue weighted by atomic mass is 32.1. The van der Waals surface area contributed by atoms with Gasteiger partial charge in [0.05, 0.1) is 16.6 Å². The van der Waals surface area contributed by atoms with E-state index >= 15 is 0 Å². The lowest BCUT2D eigenvalue weighted by Gasteiger charge is -2.35. The summed E-state index contributed by atoms with van der Waals surface area (Å²) in [5.74, 6) is 0. The molecule has 0 unspecified atom stereocenters. The highest BCUT2D eigenvalue weighted by Gasteiger charge is 2.46. The van der Waals surface area contributed by atoms with Crippen LogP contribution in [0.3, 0.4) is 0 Å². The van der Waals surface area contributed by atoms with E-state index in [0.717, 1.165) is 32.8 Å². The van der Waals surface area contributed by atoms with Crippen LogP contribution in [0.15, 0.2) is 206 Å². The van der Waals surface area contributed by atoms with Crippen LogP contribution in [0.2, 0.25) is 0 Å². The minimum absolute atomic E-state index is 0.502. The zero-order chi connectivity index (χ0) is 36.3. The topological polar surface area (TPSA) is 16.1 Å². The van der Waals surface area contributed by atoms with Crippen LogP contribution in [0.25, 0.3) is 53.5 Å². The first-order valence-electron chi connectivity index (χ1n) is 18.8. The minimum atomic E-state index is -0.502. The van der Waals surface area contributed by atoms with Crippen LogP contribution >= 0.6 is 11.3 Å². The zero-order valence-corrected chi connectivity index (χ0v) is 30.7. The van der Waals surface area contributed by atoms with Gasteiger partial charge in [-0.05, 0) is 81.4 Å². The van der Waals surface area contributed by atoms with Crippen molar-refractivity contribution in [1.82, 2.24) is 4.98 Å². The van der Waals surface area contributed by atoms with Crippen LogP contribution < -0.4 is 4.90 Å². The first kappa shape index (κ1) is 31.7. The van der Waals surface area contributed by atoms with E-state index in [4.69, 9.17) is 4.98 Å². The van der Waals surface area contributed by atoms with Crippen LogP contribution in [-0.2, 0) is 5.41 Å². The maximum Gasteiger partial charge on any atom is 0.125 e. The van der Waals surface area contributed by atoms with E-state index < -0.39 is 5.41 Å². The van der Waals surface area contributed by atoms with Gasteiger partial charge in [0.2, 0.25) is 0 Å². The van der Waals surface area contributed by atoms with Crippen LogP contribution in [0.5, 0.6) is 0 Å². The number of benzene rings is 8. The number of para-hydroxylation sites is 2. The van der Waals surface area contributed by atoms with Crippen molar-refractivity contribution in [3.63, 3.8) is 0 Å². The number of anilines is 3. The molecule has 2 aromatic heterocycles. The average molecular weight is 719 g/mol. The van der Waals surface area contributed by atoms with Gasteiger partial charge in [-0.15, -0.1) is 11.3 Å². The zero-order valence-electron chi connectivity index (χ0n) is 29.9. The highest BCUT2D eigenvalue weighted by Crippen LogP contribution is 2.57. The Morgan fingerprint density at radius 3 is 1.82 bits per heavy atom. The Morgan fingerprint density at radius 2 is 1.04 bits per heavy atom. The van der Waals surface area contributed by atoms with Crippen molar-refractivity contribution in [3.05, 3.63) is 229 Å². The molecule has 11 rings (SSSR count). The summed E-state index contributed by atoms with van der Waals surface area (Å²) < 4.78 is 1.22. The molecule has 2 nitrogen and oxygen atoms in total. The molecule has 10 aromatic rings. The van der Waals surface area contributed by atoms with Crippen molar-refractivity contribution in [2.24, 2.45) is 0 Å².